The Morgan fingerprint density at radius 3 is 2.56 bits per heavy atom. The number of hydrogen-bond donors (Lipinski definition) is 2. The fourth-order valence-electron chi connectivity index (χ4n) is 4.24. The van der Waals surface area contributed by atoms with E-state index < -0.39 is 15.9 Å². The Balaban J connectivity index is 1.59. The number of aryl methyl sites for hydroxylation is 1. The van der Waals surface area contributed by atoms with Crippen molar-refractivity contribution in [2.24, 2.45) is 0 Å². The van der Waals surface area contributed by atoms with Crippen LogP contribution in [0.15, 0.2) is 46.1 Å². The van der Waals surface area contributed by atoms with Gasteiger partial charge in [0.15, 0.2) is 0 Å². The van der Waals surface area contributed by atoms with E-state index in [1.807, 2.05) is 0 Å². The van der Waals surface area contributed by atoms with E-state index >= 15 is 0 Å². The smallest absolute Gasteiger partial charge is 0.258 e. The van der Waals surface area contributed by atoms with Gasteiger partial charge in [-0.25, -0.2) is 13.4 Å². The van der Waals surface area contributed by atoms with Gasteiger partial charge < -0.3 is 15.0 Å². The van der Waals surface area contributed by atoms with Crippen molar-refractivity contribution in [3.05, 3.63) is 63.7 Å². The van der Waals surface area contributed by atoms with E-state index in [1.54, 1.807) is 51.1 Å². The van der Waals surface area contributed by atoms with Gasteiger partial charge >= 0.3 is 0 Å². The molecule has 0 atom stereocenters. The van der Waals surface area contributed by atoms with Gasteiger partial charge in [-0.05, 0) is 42.8 Å². The molecule has 0 spiro atoms. The molecule has 1 saturated heterocycles. The number of aromatic nitrogens is 2. The minimum atomic E-state index is -3.68. The molecule has 0 radical (unpaired) electrons. The summed E-state index contributed by atoms with van der Waals surface area (Å²) in [5.74, 6) is 0.0977. The van der Waals surface area contributed by atoms with Crippen LogP contribution in [-0.4, -0.2) is 72.9 Å². The lowest BCUT2D eigenvalue weighted by molar-refractivity contribution is 0.0331. The third kappa shape index (κ3) is 5.49. The zero-order valence-corrected chi connectivity index (χ0v) is 21.5. The maximum absolute atomic E-state index is 13.0. The first kappa shape index (κ1) is 26.0. The van der Waals surface area contributed by atoms with Crippen molar-refractivity contribution in [1.29, 1.82) is 0 Å². The molecule has 0 saturated carbocycles. The number of aromatic amines is 1. The molecular formula is C25H31N5O5S. The summed E-state index contributed by atoms with van der Waals surface area (Å²) in [7, 11) is -3.68. The molecule has 0 bridgehead atoms. The van der Waals surface area contributed by atoms with Crippen LogP contribution in [-0.2, 0) is 21.3 Å². The highest BCUT2D eigenvalue weighted by molar-refractivity contribution is 7.89. The van der Waals surface area contributed by atoms with E-state index in [1.165, 1.54) is 10.4 Å². The van der Waals surface area contributed by atoms with Gasteiger partial charge in [-0.2, -0.15) is 4.31 Å². The number of nitrogens with one attached hydrogen (secondary N) is 2. The molecule has 192 valence electrons. The van der Waals surface area contributed by atoms with Crippen molar-refractivity contribution in [1.82, 2.24) is 19.2 Å². The van der Waals surface area contributed by atoms with E-state index in [4.69, 9.17) is 4.74 Å². The summed E-state index contributed by atoms with van der Waals surface area (Å²) in [6.45, 7) is 9.27. The molecule has 10 nitrogen and oxygen atoms in total. The van der Waals surface area contributed by atoms with Crippen molar-refractivity contribution in [2.75, 3.05) is 44.7 Å². The molecule has 1 aliphatic heterocycles. The Labute approximate surface area is 210 Å². The van der Waals surface area contributed by atoms with E-state index in [0.29, 0.717) is 66.4 Å². The Kier molecular flexibility index (Phi) is 7.84. The van der Waals surface area contributed by atoms with Gasteiger partial charge in [-0.3, -0.25) is 14.5 Å². The first-order valence-corrected chi connectivity index (χ1v) is 13.4. The molecule has 11 heteroatoms. The lowest BCUT2D eigenvalue weighted by Gasteiger charge is -2.25. The first-order valence-electron chi connectivity index (χ1n) is 12.0. The number of nitrogens with zero attached hydrogens (tertiary/aromatic N) is 3. The molecule has 1 aliphatic rings. The number of carbonyl (C=O) groups excluding carboxylic acids is 1. The Hall–Kier alpha value is -3.12. The normalized spacial score (nSPS) is 14.9. The highest BCUT2D eigenvalue weighted by Gasteiger charge is 2.24. The van der Waals surface area contributed by atoms with Gasteiger partial charge in [0, 0.05) is 37.4 Å². The van der Waals surface area contributed by atoms with E-state index in [2.05, 4.69) is 20.2 Å². The van der Waals surface area contributed by atoms with Crippen molar-refractivity contribution in [3.63, 3.8) is 0 Å². The van der Waals surface area contributed by atoms with Crippen LogP contribution in [0.3, 0.4) is 0 Å². The lowest BCUT2D eigenvalue weighted by Crippen LogP contribution is -2.36. The van der Waals surface area contributed by atoms with Gasteiger partial charge in [0.2, 0.25) is 10.0 Å². The number of morpholine rings is 1. The lowest BCUT2D eigenvalue weighted by atomic mass is 10.1. The van der Waals surface area contributed by atoms with Crippen molar-refractivity contribution in [2.45, 2.75) is 32.2 Å². The fraction of sp³-hybridized carbons (Fsp3) is 0.400. The number of fused-ring (bicyclic) bond motifs is 1. The summed E-state index contributed by atoms with van der Waals surface area (Å²) in [6.07, 6.45) is 0. The van der Waals surface area contributed by atoms with E-state index in [-0.39, 0.29) is 10.5 Å². The SMILES string of the molecule is CCN(CC)S(=O)(=O)c1cc(NC(=O)c2ccc3c(=O)[nH]c(CN4CCOCC4)nc3c2)ccc1C. The molecule has 1 fully saturated rings. The number of ether oxygens (including phenoxy) is 1. The molecule has 4 rings (SSSR count). The predicted octanol–water partition coefficient (Wildman–Crippen LogP) is 2.35. The second-order valence-corrected chi connectivity index (χ2v) is 10.6. The molecule has 0 aliphatic carbocycles. The minimum absolute atomic E-state index is 0.156. The Morgan fingerprint density at radius 1 is 1.14 bits per heavy atom. The molecule has 2 N–H and O–H groups in total. The standard InChI is InChI=1S/C25H31N5O5S/c1-4-30(5-2)36(33,34)22-15-19(8-6-17(22)3)26-24(31)18-7-9-20-21(14-18)27-23(28-25(20)32)16-29-10-12-35-13-11-29/h6-9,14-15H,4-5,10-13,16H2,1-3H3,(H,26,31)(H,27,28,32). The fourth-order valence-corrected chi connectivity index (χ4v) is 5.95. The topological polar surface area (TPSA) is 125 Å². The van der Waals surface area contributed by atoms with Crippen LogP contribution < -0.4 is 10.9 Å². The average molecular weight is 514 g/mol. The second-order valence-electron chi connectivity index (χ2n) is 8.66. The number of anilines is 1. The third-order valence-corrected chi connectivity index (χ3v) is 8.46. The quantitative estimate of drug-likeness (QED) is 0.474. The minimum Gasteiger partial charge on any atom is -0.379 e. The van der Waals surface area contributed by atoms with Crippen molar-refractivity contribution < 1.29 is 17.9 Å². The molecule has 2 heterocycles. The second kappa shape index (κ2) is 10.9. The number of hydrogen-bond acceptors (Lipinski definition) is 7. The summed E-state index contributed by atoms with van der Waals surface area (Å²) < 4.78 is 32.8. The number of rotatable bonds is 8. The number of amides is 1. The van der Waals surface area contributed by atoms with Crippen LogP contribution in [0.1, 0.15) is 35.6 Å². The number of benzene rings is 2. The summed E-state index contributed by atoms with van der Waals surface area (Å²) >= 11 is 0. The summed E-state index contributed by atoms with van der Waals surface area (Å²) in [6, 6.07) is 9.51. The number of H-pyrrole nitrogens is 1. The Morgan fingerprint density at radius 2 is 1.86 bits per heavy atom. The summed E-state index contributed by atoms with van der Waals surface area (Å²) in [4.78, 5) is 35.3. The van der Waals surface area contributed by atoms with E-state index in [9.17, 15) is 18.0 Å². The largest absolute Gasteiger partial charge is 0.379 e. The van der Waals surface area contributed by atoms with Crippen LogP contribution in [0.2, 0.25) is 0 Å². The number of sulfonamides is 1. The first-order chi connectivity index (χ1) is 17.2. The summed E-state index contributed by atoms with van der Waals surface area (Å²) in [5, 5.41) is 3.16. The molecule has 1 amide bonds. The molecule has 2 aromatic carbocycles. The van der Waals surface area contributed by atoms with E-state index in [0.717, 1.165) is 13.1 Å². The van der Waals surface area contributed by atoms with Gasteiger partial charge in [-0.1, -0.05) is 19.9 Å². The van der Waals surface area contributed by atoms with Gasteiger partial charge in [0.1, 0.15) is 5.82 Å². The molecule has 3 aromatic rings. The van der Waals surface area contributed by atoms with Gasteiger partial charge in [-0.15, -0.1) is 0 Å². The maximum atomic E-state index is 13.0. The monoisotopic (exact) mass is 513 g/mol. The molecule has 0 unspecified atom stereocenters. The third-order valence-electron chi connectivity index (χ3n) is 6.26. The van der Waals surface area contributed by atoms with Crippen molar-refractivity contribution >= 4 is 32.5 Å². The highest BCUT2D eigenvalue weighted by atomic mass is 32.2. The van der Waals surface area contributed by atoms with Crippen LogP contribution >= 0.6 is 0 Å². The maximum Gasteiger partial charge on any atom is 0.258 e. The van der Waals surface area contributed by atoms with Crippen LogP contribution in [0.25, 0.3) is 10.9 Å². The molecular weight excluding hydrogens is 482 g/mol. The van der Waals surface area contributed by atoms with Crippen LogP contribution in [0.5, 0.6) is 0 Å². The molecule has 1 aromatic heterocycles. The van der Waals surface area contributed by atoms with Gasteiger partial charge in [0.25, 0.3) is 11.5 Å². The zero-order chi connectivity index (χ0) is 25.9. The molecule has 36 heavy (non-hydrogen) atoms. The van der Waals surface area contributed by atoms with Crippen LogP contribution in [0.4, 0.5) is 5.69 Å². The van der Waals surface area contributed by atoms with Crippen LogP contribution in [0, 0.1) is 6.92 Å². The zero-order valence-electron chi connectivity index (χ0n) is 20.7. The summed E-state index contributed by atoms with van der Waals surface area (Å²) in [5.41, 5.74) is 1.43. The van der Waals surface area contributed by atoms with Gasteiger partial charge in [0.05, 0.1) is 35.6 Å². The Bertz CT molecular complexity index is 1430. The van der Waals surface area contributed by atoms with Crippen molar-refractivity contribution in [3.8, 4) is 0 Å². The predicted molar refractivity (Wildman–Crippen MR) is 138 cm³/mol. The number of carbonyl (C=O) groups is 1. The highest BCUT2D eigenvalue weighted by Crippen LogP contribution is 2.24. The average Bonchev–Trinajstić information content (AvgIpc) is 2.86.